The summed E-state index contributed by atoms with van der Waals surface area (Å²) >= 11 is 0. The number of anilines is 1. The van der Waals surface area contributed by atoms with Crippen LogP contribution in [0.5, 0.6) is 0 Å². The molecule has 2 atom stereocenters. The Morgan fingerprint density at radius 2 is 2.14 bits per heavy atom. The van der Waals surface area contributed by atoms with Gasteiger partial charge in [-0.3, -0.25) is 9.69 Å². The molecule has 1 amide bonds. The number of hydrogen-bond donors (Lipinski definition) is 2. The summed E-state index contributed by atoms with van der Waals surface area (Å²) in [6, 6.07) is 1.77. The molecule has 2 bridgehead atoms. The molecule has 3 saturated heterocycles. The van der Waals surface area contributed by atoms with Crippen molar-refractivity contribution in [2.75, 3.05) is 18.0 Å². The maximum atomic E-state index is 12.0. The van der Waals surface area contributed by atoms with Crippen molar-refractivity contribution in [3.63, 3.8) is 0 Å². The number of fused-ring (bicyclic) bond motifs is 3. The zero-order chi connectivity index (χ0) is 15.4. The molecule has 0 aliphatic carbocycles. The first-order chi connectivity index (χ1) is 10.5. The number of pyridine rings is 1. The van der Waals surface area contributed by atoms with Gasteiger partial charge in [0, 0.05) is 13.1 Å². The molecule has 114 valence electrons. The van der Waals surface area contributed by atoms with Gasteiger partial charge in [-0.25, -0.2) is 14.8 Å². The number of nitrogens with one attached hydrogen (secondary N) is 1. The third-order valence-corrected chi connectivity index (χ3v) is 4.43. The Morgan fingerprint density at radius 3 is 2.82 bits per heavy atom. The molecule has 0 saturated carbocycles. The van der Waals surface area contributed by atoms with Gasteiger partial charge in [-0.15, -0.1) is 0 Å². The molecule has 3 fully saturated rings. The van der Waals surface area contributed by atoms with Crippen molar-refractivity contribution in [1.82, 2.24) is 19.9 Å². The quantitative estimate of drug-likeness (QED) is 0.798. The fourth-order valence-corrected chi connectivity index (χ4v) is 3.43. The normalized spacial score (nSPS) is 23.5. The van der Waals surface area contributed by atoms with Crippen LogP contribution in [0, 0.1) is 6.92 Å². The number of amides is 1. The number of hydrogen-bond acceptors (Lipinski definition) is 5. The number of H-pyrrole nitrogens is 1. The van der Waals surface area contributed by atoms with Crippen molar-refractivity contribution < 1.29 is 9.90 Å². The molecule has 22 heavy (non-hydrogen) atoms. The van der Waals surface area contributed by atoms with E-state index in [4.69, 9.17) is 5.11 Å². The number of aryl methyl sites for hydroxylation is 1. The van der Waals surface area contributed by atoms with Crippen LogP contribution in [-0.4, -0.2) is 56.2 Å². The molecular formula is C14H15N5O3. The largest absolute Gasteiger partial charge is 0.465 e. The van der Waals surface area contributed by atoms with Crippen LogP contribution in [0.1, 0.15) is 12.2 Å². The van der Waals surface area contributed by atoms with Crippen LogP contribution >= 0.6 is 0 Å². The Morgan fingerprint density at radius 1 is 1.41 bits per heavy atom. The fourth-order valence-electron chi connectivity index (χ4n) is 3.43. The van der Waals surface area contributed by atoms with Crippen molar-refractivity contribution in [2.45, 2.75) is 25.4 Å². The van der Waals surface area contributed by atoms with Crippen LogP contribution in [0.2, 0.25) is 0 Å². The second-order valence-electron chi connectivity index (χ2n) is 5.85. The molecule has 8 heteroatoms. The molecule has 3 aliphatic heterocycles. The summed E-state index contributed by atoms with van der Waals surface area (Å²) in [7, 11) is 0. The van der Waals surface area contributed by atoms with Crippen LogP contribution in [0.25, 0.3) is 10.9 Å². The molecule has 0 radical (unpaired) electrons. The summed E-state index contributed by atoms with van der Waals surface area (Å²) in [4.78, 5) is 38.0. The van der Waals surface area contributed by atoms with E-state index >= 15 is 0 Å². The maximum absolute atomic E-state index is 12.0. The fraction of sp³-hybridized carbons (Fsp3) is 0.429. The number of nitrogens with zero attached hydrogens (tertiary/aromatic N) is 4. The van der Waals surface area contributed by atoms with Crippen LogP contribution in [0.3, 0.4) is 0 Å². The van der Waals surface area contributed by atoms with Crippen LogP contribution in [0.4, 0.5) is 10.6 Å². The topological polar surface area (TPSA) is 102 Å². The summed E-state index contributed by atoms with van der Waals surface area (Å²) in [6.45, 7) is 2.95. The van der Waals surface area contributed by atoms with Gasteiger partial charge >= 0.3 is 6.09 Å². The van der Waals surface area contributed by atoms with E-state index in [1.165, 1.54) is 4.90 Å². The highest BCUT2D eigenvalue weighted by molar-refractivity contribution is 5.79. The second kappa shape index (κ2) is 4.43. The lowest BCUT2D eigenvalue weighted by Crippen LogP contribution is -2.70. The monoisotopic (exact) mass is 301 g/mol. The molecule has 3 aliphatic rings. The number of piperazine rings is 1. The number of carbonyl (C=O) groups is 1. The van der Waals surface area contributed by atoms with Gasteiger partial charge in [0.05, 0.1) is 29.2 Å². The molecule has 5 rings (SSSR count). The van der Waals surface area contributed by atoms with E-state index in [1.807, 2.05) is 4.90 Å². The highest BCUT2D eigenvalue weighted by Gasteiger charge is 2.47. The zero-order valence-electron chi connectivity index (χ0n) is 12.0. The smallest absolute Gasteiger partial charge is 0.407 e. The van der Waals surface area contributed by atoms with E-state index in [1.54, 1.807) is 19.2 Å². The Hall–Kier alpha value is -2.64. The van der Waals surface area contributed by atoms with E-state index in [-0.39, 0.29) is 17.6 Å². The van der Waals surface area contributed by atoms with Gasteiger partial charge in [-0.1, -0.05) is 0 Å². The van der Waals surface area contributed by atoms with Crippen LogP contribution in [0.15, 0.2) is 17.1 Å². The number of piperidine rings is 1. The molecule has 0 aromatic carbocycles. The average molecular weight is 301 g/mol. The Labute approximate surface area is 125 Å². The van der Waals surface area contributed by atoms with Crippen molar-refractivity contribution >= 4 is 22.8 Å². The third kappa shape index (κ3) is 1.83. The highest BCUT2D eigenvalue weighted by Crippen LogP contribution is 2.34. The van der Waals surface area contributed by atoms with Crippen LogP contribution < -0.4 is 10.5 Å². The molecule has 5 heterocycles. The van der Waals surface area contributed by atoms with Gasteiger partial charge in [0.25, 0.3) is 5.56 Å². The van der Waals surface area contributed by atoms with Gasteiger partial charge in [0.15, 0.2) is 0 Å². The van der Waals surface area contributed by atoms with Gasteiger partial charge in [-0.2, -0.15) is 0 Å². The van der Waals surface area contributed by atoms with E-state index in [0.717, 1.165) is 6.42 Å². The van der Waals surface area contributed by atoms with Crippen molar-refractivity contribution in [2.24, 2.45) is 0 Å². The van der Waals surface area contributed by atoms with Gasteiger partial charge in [0.2, 0.25) is 0 Å². The predicted octanol–water partition coefficient (Wildman–Crippen LogP) is 0.567. The minimum Gasteiger partial charge on any atom is -0.465 e. The molecule has 0 spiro atoms. The van der Waals surface area contributed by atoms with E-state index in [0.29, 0.717) is 35.6 Å². The molecule has 2 unspecified atom stereocenters. The third-order valence-electron chi connectivity index (χ3n) is 4.43. The minimum absolute atomic E-state index is 0.0168. The van der Waals surface area contributed by atoms with Crippen molar-refractivity contribution in [1.29, 1.82) is 0 Å². The molecule has 2 aromatic heterocycles. The highest BCUT2D eigenvalue weighted by atomic mass is 16.4. The van der Waals surface area contributed by atoms with Gasteiger partial charge in [0.1, 0.15) is 11.6 Å². The molecular weight excluding hydrogens is 286 g/mol. The Balaban J connectivity index is 1.66. The van der Waals surface area contributed by atoms with Crippen molar-refractivity contribution in [3.05, 3.63) is 28.4 Å². The first-order valence-electron chi connectivity index (χ1n) is 7.16. The molecule has 8 nitrogen and oxygen atoms in total. The van der Waals surface area contributed by atoms with E-state index < -0.39 is 6.09 Å². The summed E-state index contributed by atoms with van der Waals surface area (Å²) in [5.41, 5.74) is 0.389. The average Bonchev–Trinajstić information content (AvgIpc) is 2.46. The second-order valence-corrected chi connectivity index (χ2v) is 5.85. The molecule has 2 N–H and O–H groups in total. The summed E-state index contributed by atoms with van der Waals surface area (Å²) in [5.74, 6) is 1.26. The number of aromatic amines is 1. The number of aromatic nitrogens is 3. The van der Waals surface area contributed by atoms with Crippen LogP contribution in [-0.2, 0) is 0 Å². The number of rotatable bonds is 1. The first kappa shape index (κ1) is 13.1. The number of carboxylic acid groups (broad SMARTS) is 1. The Bertz CT molecular complexity index is 821. The van der Waals surface area contributed by atoms with Gasteiger partial charge in [-0.05, 0) is 19.4 Å². The standard InChI is InChI=1S/C14H15N5O3/c1-7-16-11-4-15-12(3-10(11)13(20)17-7)18-5-8-2-9(6-18)19(8)14(21)22/h3-4,8-9H,2,5-6H2,1H3,(H,21,22)(H,16,17,20). The lowest BCUT2D eigenvalue weighted by Gasteiger charge is -2.55. The SMILES string of the molecule is Cc1nc2cnc(N3CC4CC(C3)N4C(=O)O)cc2c(=O)[nH]1. The zero-order valence-corrected chi connectivity index (χ0v) is 12.0. The maximum Gasteiger partial charge on any atom is 0.407 e. The lowest BCUT2D eigenvalue weighted by atomic mass is 9.88. The van der Waals surface area contributed by atoms with Gasteiger partial charge < -0.3 is 15.0 Å². The van der Waals surface area contributed by atoms with E-state index in [9.17, 15) is 9.59 Å². The first-order valence-corrected chi connectivity index (χ1v) is 7.16. The lowest BCUT2D eigenvalue weighted by molar-refractivity contribution is 0.0112. The van der Waals surface area contributed by atoms with Crippen molar-refractivity contribution in [3.8, 4) is 0 Å². The molecule has 2 aromatic rings. The van der Waals surface area contributed by atoms with E-state index in [2.05, 4.69) is 15.0 Å². The summed E-state index contributed by atoms with van der Waals surface area (Å²) < 4.78 is 0. The minimum atomic E-state index is -0.858. The summed E-state index contributed by atoms with van der Waals surface area (Å²) in [6.07, 6.45) is 1.64. The Kier molecular flexibility index (Phi) is 2.63. The summed E-state index contributed by atoms with van der Waals surface area (Å²) in [5, 5.41) is 9.64. The predicted molar refractivity (Wildman–Crippen MR) is 79.2 cm³/mol.